The van der Waals surface area contributed by atoms with E-state index in [4.69, 9.17) is 31.2 Å². The van der Waals surface area contributed by atoms with E-state index in [0.29, 0.717) is 49.9 Å². The average Bonchev–Trinajstić information content (AvgIpc) is 2.67. The molecule has 2 atom stereocenters. The standard InChI is InChI=1S/C22H42NO6S2/c1-9-21(3,19(24)28-13-12-23(5,6)7)10-11-22(4,31-18(2)30)20(25)29-17-16-27-15-14-26-8/h9-17H2,1-8H3/q+1. The molecule has 0 bridgehead atoms. The highest BCUT2D eigenvalue weighted by atomic mass is 32.2. The van der Waals surface area contributed by atoms with Crippen LogP contribution in [-0.4, -0.2) is 93.2 Å². The van der Waals surface area contributed by atoms with Crippen molar-refractivity contribution in [1.29, 1.82) is 0 Å². The number of likely N-dealkylation sites (N-methyl/N-ethyl adjacent to an activating group) is 1. The second-order valence-electron chi connectivity index (χ2n) is 9.13. The summed E-state index contributed by atoms with van der Waals surface area (Å²) in [5, 5.41) is 0. The van der Waals surface area contributed by atoms with E-state index in [2.05, 4.69) is 21.1 Å². The molecule has 0 rings (SSSR count). The van der Waals surface area contributed by atoms with Gasteiger partial charge in [-0.25, -0.2) is 0 Å². The van der Waals surface area contributed by atoms with E-state index in [-0.39, 0.29) is 18.5 Å². The molecule has 0 aromatic rings. The van der Waals surface area contributed by atoms with Crippen LogP contribution in [-0.2, 0) is 28.5 Å². The van der Waals surface area contributed by atoms with E-state index in [1.54, 1.807) is 14.0 Å². The Morgan fingerprint density at radius 1 is 0.935 bits per heavy atom. The van der Waals surface area contributed by atoms with E-state index in [0.717, 1.165) is 11.0 Å². The SMILES string of the molecule is CCC(C)(CCC(C)(SC(C)=S)C(=O)OCCOCCOC)C(=O)OCC[N+](C)(C)C. The van der Waals surface area contributed by atoms with Gasteiger partial charge in [0.1, 0.15) is 24.5 Å². The molecule has 2 unspecified atom stereocenters. The third-order valence-electron chi connectivity index (χ3n) is 5.12. The normalized spacial score (nSPS) is 15.6. The fourth-order valence-electron chi connectivity index (χ4n) is 2.63. The highest BCUT2D eigenvalue weighted by molar-refractivity contribution is 8.24. The molecule has 0 radical (unpaired) electrons. The van der Waals surface area contributed by atoms with Gasteiger partial charge in [-0.2, -0.15) is 0 Å². The van der Waals surface area contributed by atoms with Crippen LogP contribution in [0.3, 0.4) is 0 Å². The summed E-state index contributed by atoms with van der Waals surface area (Å²) < 4.78 is 21.8. The molecule has 7 nitrogen and oxygen atoms in total. The maximum Gasteiger partial charge on any atom is 0.322 e. The zero-order valence-electron chi connectivity index (χ0n) is 20.6. The molecule has 182 valence electrons. The first-order valence-electron chi connectivity index (χ1n) is 10.7. The summed E-state index contributed by atoms with van der Waals surface area (Å²) in [6, 6.07) is 0. The number of carbonyl (C=O) groups is 2. The van der Waals surface area contributed by atoms with Gasteiger partial charge in [0.25, 0.3) is 0 Å². The monoisotopic (exact) mass is 480 g/mol. The van der Waals surface area contributed by atoms with Crippen LogP contribution in [0, 0.1) is 5.41 Å². The van der Waals surface area contributed by atoms with Gasteiger partial charge < -0.3 is 23.4 Å². The summed E-state index contributed by atoms with van der Waals surface area (Å²) >= 11 is 6.56. The maximum atomic E-state index is 12.8. The molecule has 0 saturated carbocycles. The molecule has 0 aliphatic rings. The third kappa shape index (κ3) is 12.8. The van der Waals surface area contributed by atoms with E-state index < -0.39 is 10.2 Å². The van der Waals surface area contributed by atoms with Crippen LogP contribution in [0.25, 0.3) is 0 Å². The summed E-state index contributed by atoms with van der Waals surface area (Å²) in [4.78, 5) is 25.6. The molecule has 0 aromatic heterocycles. The van der Waals surface area contributed by atoms with Crippen LogP contribution in [0.15, 0.2) is 0 Å². The quantitative estimate of drug-likeness (QED) is 0.144. The lowest BCUT2D eigenvalue weighted by Gasteiger charge is -2.32. The van der Waals surface area contributed by atoms with Gasteiger partial charge in [0, 0.05) is 11.3 Å². The Kier molecular flexibility index (Phi) is 14.1. The summed E-state index contributed by atoms with van der Waals surface area (Å²) in [6.45, 7) is 9.98. The summed E-state index contributed by atoms with van der Waals surface area (Å²) in [7, 11) is 7.76. The Balaban J connectivity index is 4.95. The Bertz CT molecular complexity index is 581. The number of nitrogens with zero attached hydrogens (tertiary/aromatic N) is 1. The molecule has 0 amide bonds. The average molecular weight is 481 g/mol. The number of thiocarbonyl (C=S) groups is 1. The molecule has 0 spiro atoms. The predicted octanol–water partition coefficient (Wildman–Crippen LogP) is 3.48. The van der Waals surface area contributed by atoms with Gasteiger partial charge in [0.2, 0.25) is 0 Å². The number of thioether (sulfide) groups is 1. The van der Waals surface area contributed by atoms with Crippen molar-refractivity contribution in [3.8, 4) is 0 Å². The summed E-state index contributed by atoms with van der Waals surface area (Å²) in [5.41, 5.74) is -0.675. The molecule has 0 aromatic carbocycles. The second kappa shape index (κ2) is 14.4. The van der Waals surface area contributed by atoms with Crippen LogP contribution in [0.2, 0.25) is 0 Å². The molecule has 0 fully saturated rings. The van der Waals surface area contributed by atoms with E-state index in [1.165, 1.54) is 11.8 Å². The van der Waals surface area contributed by atoms with Crippen LogP contribution in [0.4, 0.5) is 0 Å². The van der Waals surface area contributed by atoms with Crippen molar-refractivity contribution in [2.45, 2.75) is 51.7 Å². The number of hydrogen-bond donors (Lipinski definition) is 0. The molecule has 0 heterocycles. The van der Waals surface area contributed by atoms with Crippen LogP contribution in [0.1, 0.15) is 47.0 Å². The third-order valence-corrected chi connectivity index (χ3v) is 6.47. The Labute approximate surface area is 198 Å². The van der Waals surface area contributed by atoms with Crippen molar-refractivity contribution in [1.82, 2.24) is 0 Å². The minimum Gasteiger partial charge on any atom is -0.462 e. The van der Waals surface area contributed by atoms with Crippen molar-refractivity contribution < 1.29 is 33.0 Å². The first-order chi connectivity index (χ1) is 14.3. The number of esters is 2. The number of quaternary nitrogens is 1. The fourth-order valence-corrected chi connectivity index (χ4v) is 4.16. The van der Waals surface area contributed by atoms with E-state index >= 15 is 0 Å². The van der Waals surface area contributed by atoms with E-state index in [9.17, 15) is 9.59 Å². The van der Waals surface area contributed by atoms with Crippen LogP contribution in [0.5, 0.6) is 0 Å². The van der Waals surface area contributed by atoms with E-state index in [1.807, 2.05) is 20.8 Å². The number of carbonyl (C=O) groups excluding carboxylic acids is 2. The fraction of sp³-hybridized carbons (Fsp3) is 0.864. The Morgan fingerprint density at radius 3 is 2.03 bits per heavy atom. The molecule has 0 aliphatic carbocycles. The van der Waals surface area contributed by atoms with Crippen LogP contribution < -0.4 is 0 Å². The van der Waals surface area contributed by atoms with Crippen LogP contribution >= 0.6 is 24.0 Å². The number of ether oxygens (including phenoxy) is 4. The minimum atomic E-state index is -0.878. The summed E-state index contributed by atoms with van der Waals surface area (Å²) in [6.07, 6.45) is 1.57. The first kappa shape index (κ1) is 30.3. The smallest absolute Gasteiger partial charge is 0.322 e. The first-order valence-corrected chi connectivity index (χ1v) is 11.9. The number of rotatable bonds is 16. The van der Waals surface area contributed by atoms with Crippen molar-refractivity contribution in [3.05, 3.63) is 0 Å². The molecular weight excluding hydrogens is 438 g/mol. The van der Waals surface area contributed by atoms with Gasteiger partial charge in [0.05, 0.1) is 46.4 Å². The number of methoxy groups -OCH3 is 1. The molecule has 0 aliphatic heterocycles. The zero-order chi connectivity index (χ0) is 24.1. The van der Waals surface area contributed by atoms with Gasteiger partial charge in [0.15, 0.2) is 0 Å². The highest BCUT2D eigenvalue weighted by Crippen LogP contribution is 2.39. The Morgan fingerprint density at radius 2 is 1.52 bits per heavy atom. The predicted molar refractivity (Wildman–Crippen MR) is 129 cm³/mol. The number of hydrogen-bond acceptors (Lipinski definition) is 8. The highest BCUT2D eigenvalue weighted by Gasteiger charge is 2.41. The van der Waals surface area contributed by atoms with Crippen molar-refractivity contribution in [2.75, 3.05) is 67.8 Å². The largest absolute Gasteiger partial charge is 0.462 e. The lowest BCUT2D eigenvalue weighted by atomic mass is 9.80. The summed E-state index contributed by atoms with van der Waals surface area (Å²) in [5.74, 6) is -0.580. The molecule has 9 heteroatoms. The molecular formula is C22H42NO6S2+. The maximum absolute atomic E-state index is 12.8. The van der Waals surface area contributed by atoms with Gasteiger partial charge in [-0.15, -0.1) is 11.8 Å². The zero-order valence-corrected chi connectivity index (χ0v) is 22.2. The van der Waals surface area contributed by atoms with Crippen molar-refractivity contribution in [2.24, 2.45) is 5.41 Å². The molecule has 0 saturated heterocycles. The van der Waals surface area contributed by atoms with Gasteiger partial charge in [-0.1, -0.05) is 19.1 Å². The van der Waals surface area contributed by atoms with Gasteiger partial charge >= 0.3 is 11.9 Å². The van der Waals surface area contributed by atoms with Crippen molar-refractivity contribution in [3.63, 3.8) is 0 Å². The lowest BCUT2D eigenvalue weighted by molar-refractivity contribution is -0.870. The van der Waals surface area contributed by atoms with Gasteiger partial charge in [-0.3, -0.25) is 9.59 Å². The Hall–Kier alpha value is -0.740. The minimum absolute atomic E-state index is 0.160. The van der Waals surface area contributed by atoms with Crippen molar-refractivity contribution >= 4 is 40.1 Å². The van der Waals surface area contributed by atoms with Gasteiger partial charge in [-0.05, 0) is 40.0 Å². The topological polar surface area (TPSA) is 71.1 Å². The molecule has 31 heavy (non-hydrogen) atoms. The molecule has 0 N–H and O–H groups in total. The second-order valence-corrected chi connectivity index (χ2v) is 11.7. The lowest BCUT2D eigenvalue weighted by Crippen LogP contribution is -2.40.